The molecule has 0 aliphatic carbocycles. The summed E-state index contributed by atoms with van der Waals surface area (Å²) < 4.78 is 35.2. The van der Waals surface area contributed by atoms with E-state index in [9.17, 15) is 9.59 Å². The van der Waals surface area contributed by atoms with E-state index in [-0.39, 0.29) is 42.5 Å². The summed E-state index contributed by atoms with van der Waals surface area (Å²) in [7, 11) is 7.21. The summed E-state index contributed by atoms with van der Waals surface area (Å²) in [6.45, 7) is 0.189. The van der Waals surface area contributed by atoms with Crippen molar-refractivity contribution in [1.29, 1.82) is 0 Å². The van der Waals surface area contributed by atoms with Crippen molar-refractivity contribution in [2.75, 3.05) is 47.0 Å². The van der Waals surface area contributed by atoms with Crippen LogP contribution in [0.3, 0.4) is 0 Å². The van der Waals surface area contributed by atoms with E-state index >= 15 is 0 Å². The molecule has 0 unspecified atom stereocenters. The minimum absolute atomic E-state index is 0. The zero-order chi connectivity index (χ0) is 32.2. The van der Waals surface area contributed by atoms with Crippen LogP contribution in [0, 0.1) is 0 Å². The fourth-order valence-corrected chi connectivity index (χ4v) is 5.13. The molecule has 11 nitrogen and oxygen atoms in total. The van der Waals surface area contributed by atoms with E-state index in [0.29, 0.717) is 62.3 Å². The molecule has 0 fully saturated rings. The van der Waals surface area contributed by atoms with Crippen LogP contribution in [0.4, 0.5) is 11.4 Å². The van der Waals surface area contributed by atoms with Gasteiger partial charge in [-0.05, 0) is 71.8 Å². The zero-order valence-electron chi connectivity index (χ0n) is 26.3. The van der Waals surface area contributed by atoms with Crippen LogP contribution in [-0.2, 0) is 11.3 Å². The van der Waals surface area contributed by atoms with Crippen LogP contribution >= 0.6 is 24.8 Å². The molecular formula is C34H35Cl2N3O8. The van der Waals surface area contributed by atoms with Crippen LogP contribution in [-0.4, -0.2) is 46.1 Å². The number of methoxy groups -OCH3 is 5. The second-order valence-corrected chi connectivity index (χ2v) is 9.94. The summed E-state index contributed by atoms with van der Waals surface area (Å²) in [5, 5.41) is 0.648. The highest BCUT2D eigenvalue weighted by molar-refractivity contribution is 6.08. The summed E-state index contributed by atoms with van der Waals surface area (Å²) in [6, 6.07) is 20.5. The largest absolute Gasteiger partial charge is 0.493 e. The van der Waals surface area contributed by atoms with Crippen molar-refractivity contribution < 1.29 is 33.2 Å². The van der Waals surface area contributed by atoms with Gasteiger partial charge >= 0.3 is 5.97 Å². The van der Waals surface area contributed by atoms with Gasteiger partial charge in [-0.3, -0.25) is 9.36 Å². The molecule has 248 valence electrons. The predicted octanol–water partition coefficient (Wildman–Crippen LogP) is 6.07. The molecule has 4 N–H and O–H groups in total. The van der Waals surface area contributed by atoms with E-state index in [1.54, 1.807) is 60.7 Å². The molecule has 0 amide bonds. The Labute approximate surface area is 283 Å². The van der Waals surface area contributed by atoms with Gasteiger partial charge in [-0.15, -0.1) is 24.8 Å². The summed E-state index contributed by atoms with van der Waals surface area (Å²) in [4.78, 5) is 28.0. The number of carbonyl (C=O) groups is 1. The second kappa shape index (κ2) is 15.4. The molecule has 5 rings (SSSR count). The molecule has 47 heavy (non-hydrogen) atoms. The van der Waals surface area contributed by atoms with E-state index in [0.717, 1.165) is 5.56 Å². The first-order valence-corrected chi connectivity index (χ1v) is 13.8. The number of hydrogen-bond acceptors (Lipinski definition) is 10. The Morgan fingerprint density at radius 1 is 0.681 bits per heavy atom. The van der Waals surface area contributed by atoms with E-state index < -0.39 is 11.5 Å². The van der Waals surface area contributed by atoms with Crippen molar-refractivity contribution >= 4 is 52.9 Å². The lowest BCUT2D eigenvalue weighted by Gasteiger charge is -2.21. The molecule has 0 spiro atoms. The monoisotopic (exact) mass is 683 g/mol. The number of nitrogens with zero attached hydrogens (tertiary/aromatic N) is 1. The topological polar surface area (TPSA) is 146 Å². The number of benzene rings is 4. The number of nitrogen functional groups attached to an aromatic ring is 2. The average Bonchev–Trinajstić information content (AvgIpc) is 3.07. The number of rotatable bonds is 10. The van der Waals surface area contributed by atoms with Gasteiger partial charge in [-0.2, -0.15) is 0 Å². The maximum absolute atomic E-state index is 14.4. The fraction of sp³-hybridized carbons (Fsp3) is 0.176. The van der Waals surface area contributed by atoms with Crippen molar-refractivity contribution in [2.45, 2.75) is 6.61 Å². The molecule has 13 heteroatoms. The van der Waals surface area contributed by atoms with Crippen LogP contribution < -0.4 is 40.7 Å². The molecule has 0 bridgehead atoms. The summed E-state index contributed by atoms with van der Waals surface area (Å²) >= 11 is 0. The minimum Gasteiger partial charge on any atom is -0.493 e. The van der Waals surface area contributed by atoms with Gasteiger partial charge in [0.25, 0.3) is 5.56 Å². The Morgan fingerprint density at radius 3 is 1.72 bits per heavy atom. The lowest BCUT2D eigenvalue weighted by Crippen LogP contribution is -2.27. The molecule has 5 aromatic rings. The number of hydrogen-bond donors (Lipinski definition) is 2. The number of halogens is 2. The van der Waals surface area contributed by atoms with Crippen LogP contribution in [0.15, 0.2) is 77.6 Å². The molecular weight excluding hydrogens is 649 g/mol. The lowest BCUT2D eigenvalue weighted by molar-refractivity contribution is 0.0591. The minimum atomic E-state index is -0.753. The van der Waals surface area contributed by atoms with Crippen LogP contribution in [0.25, 0.3) is 27.6 Å². The molecule has 4 aromatic carbocycles. The normalized spacial score (nSPS) is 10.3. The van der Waals surface area contributed by atoms with Gasteiger partial charge in [-0.1, -0.05) is 12.1 Å². The van der Waals surface area contributed by atoms with Crippen LogP contribution in [0.1, 0.15) is 16.1 Å². The van der Waals surface area contributed by atoms with Crippen molar-refractivity contribution in [2.24, 2.45) is 0 Å². The highest BCUT2D eigenvalue weighted by Gasteiger charge is 2.28. The van der Waals surface area contributed by atoms with E-state index in [4.69, 9.17) is 39.9 Å². The molecule has 0 saturated carbocycles. The Balaban J connectivity index is 0.00000300. The average molecular weight is 685 g/mol. The summed E-state index contributed by atoms with van der Waals surface area (Å²) in [5.74, 6) is 0.956. The van der Waals surface area contributed by atoms with Gasteiger partial charge in [0.05, 0.1) is 40.9 Å². The Kier molecular flexibility index (Phi) is 11.8. The molecule has 0 atom stereocenters. The van der Waals surface area contributed by atoms with Crippen molar-refractivity contribution in [1.82, 2.24) is 4.57 Å². The molecule has 0 radical (unpaired) electrons. The fourth-order valence-electron chi connectivity index (χ4n) is 5.13. The third-order valence-corrected chi connectivity index (χ3v) is 7.32. The number of anilines is 2. The highest BCUT2D eigenvalue weighted by Crippen LogP contribution is 2.45. The van der Waals surface area contributed by atoms with Gasteiger partial charge in [0, 0.05) is 28.0 Å². The first-order valence-electron chi connectivity index (χ1n) is 13.8. The SMILES string of the molecule is COC(=O)c1c(-c2cc(OC)c(OC)c(OC)c2)c2cc(OC)c(OCc3ccc(N)cc3)cc2c(=O)n1-c1ccc(N)cc1.Cl.Cl. The number of esters is 1. The maximum atomic E-state index is 14.4. The van der Waals surface area contributed by atoms with E-state index in [1.165, 1.54) is 40.1 Å². The van der Waals surface area contributed by atoms with Gasteiger partial charge in [0.1, 0.15) is 12.3 Å². The van der Waals surface area contributed by atoms with Crippen molar-refractivity contribution in [3.8, 4) is 45.6 Å². The molecule has 0 aliphatic rings. The van der Waals surface area contributed by atoms with E-state index in [2.05, 4.69) is 0 Å². The standard InChI is InChI=1S/C34H33N3O8.2ClH/c1-40-26-16-24-25(17-27(26)45-18-19-6-8-21(35)9-7-19)33(38)37(23-12-10-22(36)11-13-23)31(34(39)44-5)30(24)20-14-28(41-2)32(43-4)29(15-20)42-3;;/h6-17H,18,35-36H2,1-5H3;2*1H. The van der Waals surface area contributed by atoms with Gasteiger partial charge < -0.3 is 39.9 Å². The third-order valence-electron chi connectivity index (χ3n) is 7.32. The predicted molar refractivity (Wildman–Crippen MR) is 187 cm³/mol. The zero-order valence-corrected chi connectivity index (χ0v) is 28.0. The third kappa shape index (κ3) is 6.96. The first-order chi connectivity index (χ1) is 21.7. The van der Waals surface area contributed by atoms with Gasteiger partial charge in [0.2, 0.25) is 5.75 Å². The number of carbonyl (C=O) groups excluding carboxylic acids is 1. The Morgan fingerprint density at radius 2 is 1.21 bits per heavy atom. The molecule has 1 aromatic heterocycles. The quantitative estimate of drug-likeness (QED) is 0.131. The number of ether oxygens (including phenoxy) is 6. The number of pyridine rings is 1. The second-order valence-electron chi connectivity index (χ2n) is 9.94. The number of aromatic nitrogens is 1. The van der Waals surface area contributed by atoms with Gasteiger partial charge in [0.15, 0.2) is 23.0 Å². The Hall–Kier alpha value is -5.26. The lowest BCUT2D eigenvalue weighted by atomic mass is 9.95. The number of nitrogens with two attached hydrogens (primary N) is 2. The maximum Gasteiger partial charge on any atom is 0.355 e. The van der Waals surface area contributed by atoms with Crippen molar-refractivity contribution in [3.05, 3.63) is 94.4 Å². The molecule has 0 aliphatic heterocycles. The Bertz CT molecular complexity index is 1920. The highest BCUT2D eigenvalue weighted by atomic mass is 35.5. The smallest absolute Gasteiger partial charge is 0.355 e. The van der Waals surface area contributed by atoms with Gasteiger partial charge in [-0.25, -0.2) is 4.79 Å². The summed E-state index contributed by atoms with van der Waals surface area (Å²) in [5.41, 5.74) is 14.5. The van der Waals surface area contributed by atoms with E-state index in [1.807, 2.05) is 12.1 Å². The van der Waals surface area contributed by atoms with Crippen molar-refractivity contribution in [3.63, 3.8) is 0 Å². The first kappa shape index (κ1) is 36.2. The molecule has 0 saturated heterocycles. The molecule has 1 heterocycles. The van der Waals surface area contributed by atoms with Crippen LogP contribution in [0.2, 0.25) is 0 Å². The number of fused-ring (bicyclic) bond motifs is 1. The summed E-state index contributed by atoms with van der Waals surface area (Å²) in [6.07, 6.45) is 0. The van der Waals surface area contributed by atoms with Crippen LogP contribution in [0.5, 0.6) is 28.7 Å².